The quantitative estimate of drug-likeness (QED) is 0.859. The molecule has 19 heavy (non-hydrogen) atoms. The second-order valence-electron chi connectivity index (χ2n) is 5.51. The van der Waals surface area contributed by atoms with Crippen molar-refractivity contribution in [2.24, 2.45) is 17.6 Å². The van der Waals surface area contributed by atoms with E-state index < -0.39 is 5.82 Å². The summed E-state index contributed by atoms with van der Waals surface area (Å²) in [7, 11) is 0. The van der Waals surface area contributed by atoms with Gasteiger partial charge in [0.05, 0.1) is 6.10 Å². The summed E-state index contributed by atoms with van der Waals surface area (Å²) in [4.78, 5) is 0.0733. The number of ether oxygens (including phenoxy) is 1. The van der Waals surface area contributed by atoms with E-state index in [-0.39, 0.29) is 16.7 Å². The Morgan fingerprint density at radius 1 is 1.32 bits per heavy atom. The summed E-state index contributed by atoms with van der Waals surface area (Å²) in [5.74, 6) is 1.54. The molecule has 1 aliphatic carbocycles. The highest BCUT2D eigenvalue weighted by Gasteiger charge is 2.25. The van der Waals surface area contributed by atoms with Gasteiger partial charge in [-0.05, 0) is 43.2 Å². The van der Waals surface area contributed by atoms with Crippen LogP contribution in [0.3, 0.4) is 0 Å². The molecule has 2 N–H and O–H groups in total. The predicted molar refractivity (Wildman–Crippen MR) is 78.9 cm³/mol. The Morgan fingerprint density at radius 2 is 2.05 bits per heavy atom. The average Bonchev–Trinajstić information content (AvgIpc) is 2.33. The molecule has 1 aliphatic rings. The average molecular weight is 281 g/mol. The topological polar surface area (TPSA) is 35.2 Å². The largest absolute Gasteiger partial charge is 0.490 e. The molecule has 0 aliphatic heterocycles. The Labute approximate surface area is 119 Å². The summed E-state index contributed by atoms with van der Waals surface area (Å²) in [6.45, 7) is 4.52. The van der Waals surface area contributed by atoms with E-state index >= 15 is 0 Å². The van der Waals surface area contributed by atoms with Gasteiger partial charge in [-0.25, -0.2) is 4.39 Å². The molecule has 0 bridgehead atoms. The van der Waals surface area contributed by atoms with Gasteiger partial charge < -0.3 is 10.5 Å². The summed E-state index contributed by atoms with van der Waals surface area (Å²) in [6, 6.07) is 4.69. The Hall–Kier alpha value is -1.16. The first-order valence-electron chi connectivity index (χ1n) is 6.73. The third-order valence-electron chi connectivity index (χ3n) is 4.06. The van der Waals surface area contributed by atoms with Crippen molar-refractivity contribution in [1.29, 1.82) is 0 Å². The van der Waals surface area contributed by atoms with Crippen molar-refractivity contribution in [3.8, 4) is 5.75 Å². The van der Waals surface area contributed by atoms with Gasteiger partial charge in [0.2, 0.25) is 0 Å². The lowest BCUT2D eigenvalue weighted by Gasteiger charge is -2.32. The van der Waals surface area contributed by atoms with Crippen LogP contribution >= 0.6 is 12.2 Å². The lowest BCUT2D eigenvalue weighted by Crippen LogP contribution is -2.28. The van der Waals surface area contributed by atoms with Gasteiger partial charge in [0.1, 0.15) is 16.6 Å². The molecule has 0 spiro atoms. The van der Waals surface area contributed by atoms with Gasteiger partial charge in [0, 0.05) is 11.6 Å². The number of hydrogen-bond donors (Lipinski definition) is 1. The first kappa shape index (κ1) is 14.3. The minimum atomic E-state index is -0.415. The van der Waals surface area contributed by atoms with Crippen LogP contribution in [-0.2, 0) is 0 Å². The number of thiocarbonyl (C=S) groups is 1. The highest BCUT2D eigenvalue weighted by Crippen LogP contribution is 2.32. The zero-order valence-electron chi connectivity index (χ0n) is 11.4. The van der Waals surface area contributed by atoms with E-state index in [4.69, 9.17) is 22.7 Å². The van der Waals surface area contributed by atoms with Crippen molar-refractivity contribution < 1.29 is 9.13 Å². The van der Waals surface area contributed by atoms with Crippen LogP contribution in [0, 0.1) is 17.7 Å². The van der Waals surface area contributed by atoms with E-state index in [0.717, 1.165) is 18.8 Å². The molecule has 1 aromatic rings. The lowest BCUT2D eigenvalue weighted by atomic mass is 9.80. The predicted octanol–water partition coefficient (Wildman–Crippen LogP) is 3.66. The van der Waals surface area contributed by atoms with E-state index in [1.807, 2.05) is 0 Å². The third kappa shape index (κ3) is 3.44. The molecule has 4 heteroatoms. The van der Waals surface area contributed by atoms with E-state index in [2.05, 4.69) is 13.8 Å². The Balaban J connectivity index is 2.04. The van der Waals surface area contributed by atoms with Gasteiger partial charge >= 0.3 is 0 Å². The zero-order chi connectivity index (χ0) is 14.0. The summed E-state index contributed by atoms with van der Waals surface area (Å²) in [5, 5.41) is 0. The van der Waals surface area contributed by atoms with Gasteiger partial charge in [-0.2, -0.15) is 0 Å². The van der Waals surface area contributed by atoms with Crippen LogP contribution in [0.25, 0.3) is 0 Å². The van der Waals surface area contributed by atoms with Gasteiger partial charge in [0.25, 0.3) is 0 Å². The van der Waals surface area contributed by atoms with E-state index in [9.17, 15) is 4.39 Å². The minimum absolute atomic E-state index is 0.0733. The molecular weight excluding hydrogens is 261 g/mol. The van der Waals surface area contributed by atoms with Gasteiger partial charge in [-0.1, -0.05) is 26.1 Å². The number of rotatable bonds is 3. The van der Waals surface area contributed by atoms with Crippen LogP contribution in [0.2, 0.25) is 0 Å². The Bertz CT molecular complexity index is 477. The van der Waals surface area contributed by atoms with Crippen molar-refractivity contribution in [2.45, 2.75) is 39.2 Å². The van der Waals surface area contributed by atoms with Crippen LogP contribution in [0.15, 0.2) is 18.2 Å². The first-order valence-corrected chi connectivity index (χ1v) is 7.14. The standard InChI is InChI=1S/C15H20FNOS/c1-9-3-4-11(7-10(9)2)18-12-5-6-13(15(17)19)14(16)8-12/h5-6,8-11H,3-4,7H2,1-2H3,(H2,17,19). The molecule has 0 saturated heterocycles. The molecule has 0 radical (unpaired) electrons. The third-order valence-corrected chi connectivity index (χ3v) is 4.28. The van der Waals surface area contributed by atoms with Crippen LogP contribution in [0.5, 0.6) is 5.75 Å². The smallest absolute Gasteiger partial charge is 0.137 e. The number of nitrogens with two attached hydrogens (primary N) is 1. The van der Waals surface area contributed by atoms with Gasteiger partial charge in [-0.3, -0.25) is 0 Å². The summed E-state index contributed by atoms with van der Waals surface area (Å²) < 4.78 is 19.6. The van der Waals surface area contributed by atoms with Crippen molar-refractivity contribution in [2.75, 3.05) is 0 Å². The monoisotopic (exact) mass is 281 g/mol. The molecule has 0 aromatic heterocycles. The molecule has 0 heterocycles. The normalized spacial score (nSPS) is 27.0. The second kappa shape index (κ2) is 5.87. The van der Waals surface area contributed by atoms with Gasteiger partial charge in [-0.15, -0.1) is 0 Å². The van der Waals surface area contributed by atoms with Crippen molar-refractivity contribution in [3.63, 3.8) is 0 Å². The van der Waals surface area contributed by atoms with Gasteiger partial charge in [0.15, 0.2) is 0 Å². The maximum atomic E-state index is 13.7. The van der Waals surface area contributed by atoms with Crippen molar-refractivity contribution >= 4 is 17.2 Å². The molecule has 104 valence electrons. The number of benzene rings is 1. The Kier molecular flexibility index (Phi) is 4.40. The van der Waals surface area contributed by atoms with Crippen molar-refractivity contribution in [1.82, 2.24) is 0 Å². The second-order valence-corrected chi connectivity index (χ2v) is 5.95. The van der Waals surface area contributed by atoms with E-state index in [0.29, 0.717) is 11.7 Å². The number of halogens is 1. The van der Waals surface area contributed by atoms with Crippen LogP contribution in [-0.4, -0.2) is 11.1 Å². The maximum absolute atomic E-state index is 13.7. The fraction of sp³-hybridized carbons (Fsp3) is 0.533. The highest BCUT2D eigenvalue weighted by molar-refractivity contribution is 7.80. The molecule has 3 atom stereocenters. The zero-order valence-corrected chi connectivity index (χ0v) is 12.2. The molecule has 0 amide bonds. The van der Waals surface area contributed by atoms with E-state index in [1.54, 1.807) is 12.1 Å². The van der Waals surface area contributed by atoms with Crippen LogP contribution < -0.4 is 10.5 Å². The molecule has 2 nitrogen and oxygen atoms in total. The number of hydrogen-bond acceptors (Lipinski definition) is 2. The fourth-order valence-electron chi connectivity index (χ4n) is 2.57. The first-order chi connectivity index (χ1) is 8.97. The minimum Gasteiger partial charge on any atom is -0.490 e. The van der Waals surface area contributed by atoms with Crippen molar-refractivity contribution in [3.05, 3.63) is 29.6 Å². The summed E-state index contributed by atoms with van der Waals surface area (Å²) in [6.07, 6.45) is 3.41. The van der Waals surface area contributed by atoms with Crippen LogP contribution in [0.4, 0.5) is 4.39 Å². The van der Waals surface area contributed by atoms with Crippen LogP contribution in [0.1, 0.15) is 38.7 Å². The summed E-state index contributed by atoms with van der Waals surface area (Å²) >= 11 is 4.78. The Morgan fingerprint density at radius 3 is 2.63 bits per heavy atom. The maximum Gasteiger partial charge on any atom is 0.137 e. The molecule has 3 unspecified atom stereocenters. The molecule has 1 aromatic carbocycles. The molecule has 1 fully saturated rings. The van der Waals surface area contributed by atoms with E-state index in [1.165, 1.54) is 12.5 Å². The highest BCUT2D eigenvalue weighted by atomic mass is 32.1. The lowest BCUT2D eigenvalue weighted by molar-refractivity contribution is 0.100. The molecule has 1 saturated carbocycles. The SMILES string of the molecule is CC1CCC(Oc2ccc(C(N)=S)c(F)c2)CC1C. The molecular formula is C15H20FNOS. The molecule has 2 rings (SSSR count). The fourth-order valence-corrected chi connectivity index (χ4v) is 2.73. The summed E-state index contributed by atoms with van der Waals surface area (Å²) in [5.41, 5.74) is 5.70.